The van der Waals surface area contributed by atoms with E-state index in [1.807, 2.05) is 20.8 Å². The molecule has 2 N–H and O–H groups in total. The standard InChI is InChI=1S/C15H25N3O2S/c1-5-10(18-8-6-16-7-9-18)13-17-12(15(2,3)4)11(21-13)14(19)20/h10,16H,5-9H2,1-4H3,(H,19,20). The lowest BCUT2D eigenvalue weighted by atomic mass is 9.91. The number of aromatic nitrogens is 1. The first kappa shape index (κ1) is 16.4. The molecule has 1 fully saturated rings. The second-order valence-corrected chi connectivity index (χ2v) is 7.53. The summed E-state index contributed by atoms with van der Waals surface area (Å²) in [5.74, 6) is -0.862. The van der Waals surface area contributed by atoms with Gasteiger partial charge in [0.1, 0.15) is 9.88 Å². The van der Waals surface area contributed by atoms with E-state index in [9.17, 15) is 9.90 Å². The van der Waals surface area contributed by atoms with Crippen molar-refractivity contribution < 1.29 is 9.90 Å². The number of carboxylic acid groups (broad SMARTS) is 1. The monoisotopic (exact) mass is 311 g/mol. The van der Waals surface area contributed by atoms with Crippen LogP contribution in [0.15, 0.2) is 0 Å². The number of aromatic carboxylic acids is 1. The third-order valence-electron chi connectivity index (χ3n) is 3.81. The lowest BCUT2D eigenvalue weighted by Gasteiger charge is -2.33. The number of carboxylic acids is 1. The first-order valence-electron chi connectivity index (χ1n) is 7.53. The summed E-state index contributed by atoms with van der Waals surface area (Å²) < 4.78 is 0. The molecule has 1 aliphatic rings. The van der Waals surface area contributed by atoms with Gasteiger partial charge in [-0.15, -0.1) is 11.3 Å². The highest BCUT2D eigenvalue weighted by Crippen LogP contribution is 2.35. The van der Waals surface area contributed by atoms with Crippen molar-refractivity contribution in [2.75, 3.05) is 26.2 Å². The van der Waals surface area contributed by atoms with E-state index in [2.05, 4.69) is 17.1 Å². The average Bonchev–Trinajstić information content (AvgIpc) is 2.86. The van der Waals surface area contributed by atoms with Gasteiger partial charge in [-0.3, -0.25) is 4.90 Å². The molecule has 1 saturated heterocycles. The van der Waals surface area contributed by atoms with E-state index in [4.69, 9.17) is 4.98 Å². The van der Waals surface area contributed by atoms with Gasteiger partial charge in [0.15, 0.2) is 0 Å². The Labute approximate surface area is 130 Å². The zero-order valence-electron chi connectivity index (χ0n) is 13.3. The highest BCUT2D eigenvalue weighted by Gasteiger charge is 2.31. The minimum absolute atomic E-state index is 0.228. The van der Waals surface area contributed by atoms with Crippen LogP contribution in [0.5, 0.6) is 0 Å². The van der Waals surface area contributed by atoms with Crippen LogP contribution in [0.1, 0.15) is 60.5 Å². The molecule has 1 aromatic heterocycles. The fraction of sp³-hybridized carbons (Fsp3) is 0.733. The van der Waals surface area contributed by atoms with Crippen molar-refractivity contribution in [2.24, 2.45) is 0 Å². The molecule has 5 nitrogen and oxygen atoms in total. The lowest BCUT2D eigenvalue weighted by Crippen LogP contribution is -2.45. The van der Waals surface area contributed by atoms with Crippen LogP contribution >= 0.6 is 11.3 Å². The third kappa shape index (κ3) is 3.62. The SMILES string of the molecule is CCC(c1nc(C(C)(C)C)c(C(=O)O)s1)N1CCNCC1. The van der Waals surface area contributed by atoms with E-state index in [-0.39, 0.29) is 11.5 Å². The molecular formula is C15H25N3O2S. The molecule has 2 rings (SSSR count). The first-order chi connectivity index (χ1) is 9.84. The van der Waals surface area contributed by atoms with Gasteiger partial charge in [-0.2, -0.15) is 0 Å². The molecule has 1 unspecified atom stereocenters. The Morgan fingerprint density at radius 3 is 2.48 bits per heavy atom. The molecule has 21 heavy (non-hydrogen) atoms. The molecule has 1 atom stereocenters. The second kappa shape index (κ2) is 6.42. The van der Waals surface area contributed by atoms with Crippen LogP contribution in [-0.2, 0) is 5.41 Å². The molecule has 0 aromatic carbocycles. The minimum Gasteiger partial charge on any atom is -0.477 e. The Hall–Kier alpha value is -0.980. The highest BCUT2D eigenvalue weighted by molar-refractivity contribution is 7.13. The number of hydrogen-bond donors (Lipinski definition) is 2. The Balaban J connectivity index is 2.35. The van der Waals surface area contributed by atoms with Crippen molar-refractivity contribution in [2.45, 2.75) is 45.6 Å². The molecule has 0 saturated carbocycles. The van der Waals surface area contributed by atoms with E-state index < -0.39 is 5.97 Å². The highest BCUT2D eigenvalue weighted by atomic mass is 32.1. The summed E-state index contributed by atoms with van der Waals surface area (Å²) in [6.45, 7) is 12.2. The van der Waals surface area contributed by atoms with Gasteiger partial charge < -0.3 is 10.4 Å². The maximum atomic E-state index is 11.5. The summed E-state index contributed by atoms with van der Waals surface area (Å²) in [6, 6.07) is 0.228. The molecular weight excluding hydrogens is 286 g/mol. The van der Waals surface area contributed by atoms with Crippen molar-refractivity contribution >= 4 is 17.3 Å². The van der Waals surface area contributed by atoms with Gasteiger partial charge in [-0.1, -0.05) is 27.7 Å². The Morgan fingerprint density at radius 2 is 2.05 bits per heavy atom. The second-order valence-electron chi connectivity index (χ2n) is 6.50. The largest absolute Gasteiger partial charge is 0.477 e. The molecule has 0 aliphatic carbocycles. The number of hydrogen-bond acceptors (Lipinski definition) is 5. The van der Waals surface area contributed by atoms with Crippen molar-refractivity contribution in [1.29, 1.82) is 0 Å². The van der Waals surface area contributed by atoms with E-state index in [0.29, 0.717) is 10.6 Å². The normalized spacial score (nSPS) is 18.7. The topological polar surface area (TPSA) is 65.5 Å². The van der Waals surface area contributed by atoms with Crippen molar-refractivity contribution in [1.82, 2.24) is 15.2 Å². The number of piperazine rings is 1. The summed E-state index contributed by atoms with van der Waals surface area (Å²) >= 11 is 1.35. The van der Waals surface area contributed by atoms with Gasteiger partial charge in [-0.25, -0.2) is 9.78 Å². The fourth-order valence-electron chi connectivity index (χ4n) is 2.72. The molecule has 1 aromatic rings. The number of nitrogens with zero attached hydrogens (tertiary/aromatic N) is 2. The van der Waals surface area contributed by atoms with Crippen LogP contribution in [0.25, 0.3) is 0 Å². The van der Waals surface area contributed by atoms with Crippen LogP contribution in [-0.4, -0.2) is 47.1 Å². The van der Waals surface area contributed by atoms with Gasteiger partial charge >= 0.3 is 5.97 Å². The lowest BCUT2D eigenvalue weighted by molar-refractivity contribution is 0.0699. The summed E-state index contributed by atoms with van der Waals surface area (Å²) in [7, 11) is 0. The maximum absolute atomic E-state index is 11.5. The maximum Gasteiger partial charge on any atom is 0.347 e. The van der Waals surface area contributed by atoms with Gasteiger partial charge in [0.25, 0.3) is 0 Å². The van der Waals surface area contributed by atoms with Crippen molar-refractivity contribution in [3.05, 3.63) is 15.6 Å². The molecule has 1 aliphatic heterocycles. The summed E-state index contributed by atoms with van der Waals surface area (Å²) in [5.41, 5.74) is 0.466. The first-order valence-corrected chi connectivity index (χ1v) is 8.35. The van der Waals surface area contributed by atoms with Crippen molar-refractivity contribution in [3.8, 4) is 0 Å². The smallest absolute Gasteiger partial charge is 0.347 e. The predicted octanol–water partition coefficient (Wildman–Crippen LogP) is 2.50. The van der Waals surface area contributed by atoms with Crippen LogP contribution in [0, 0.1) is 0 Å². The van der Waals surface area contributed by atoms with Crippen LogP contribution in [0.3, 0.4) is 0 Å². The Kier molecular flexibility index (Phi) is 5.01. The molecule has 0 amide bonds. The number of rotatable bonds is 4. The third-order valence-corrected chi connectivity index (χ3v) is 4.96. The Bertz CT molecular complexity index is 502. The van der Waals surface area contributed by atoms with E-state index >= 15 is 0 Å². The minimum atomic E-state index is -0.862. The van der Waals surface area contributed by atoms with Gasteiger partial charge in [0.05, 0.1) is 11.7 Å². The van der Waals surface area contributed by atoms with Crippen molar-refractivity contribution in [3.63, 3.8) is 0 Å². The number of nitrogens with one attached hydrogen (secondary N) is 1. The van der Waals surface area contributed by atoms with E-state index in [1.54, 1.807) is 0 Å². The van der Waals surface area contributed by atoms with Gasteiger partial charge in [0, 0.05) is 31.6 Å². The van der Waals surface area contributed by atoms with Gasteiger partial charge in [0.2, 0.25) is 0 Å². The van der Waals surface area contributed by atoms with Crippen LogP contribution in [0.2, 0.25) is 0 Å². The fourth-order valence-corrected chi connectivity index (χ4v) is 4.05. The van der Waals surface area contributed by atoms with E-state index in [1.165, 1.54) is 11.3 Å². The van der Waals surface area contributed by atoms with Crippen LogP contribution < -0.4 is 5.32 Å². The summed E-state index contributed by atoms with van der Waals surface area (Å²) in [4.78, 5) is 19.0. The molecule has 118 valence electrons. The molecule has 6 heteroatoms. The molecule has 0 spiro atoms. The van der Waals surface area contributed by atoms with Gasteiger partial charge in [-0.05, 0) is 6.42 Å². The summed E-state index contributed by atoms with van der Waals surface area (Å²) in [5, 5.41) is 13.8. The van der Waals surface area contributed by atoms with E-state index in [0.717, 1.165) is 37.6 Å². The number of carbonyl (C=O) groups is 1. The summed E-state index contributed by atoms with van der Waals surface area (Å²) in [6.07, 6.45) is 0.955. The quantitative estimate of drug-likeness (QED) is 0.894. The molecule has 0 bridgehead atoms. The molecule has 0 radical (unpaired) electrons. The van der Waals surface area contributed by atoms with Crippen LogP contribution in [0.4, 0.5) is 0 Å². The predicted molar refractivity (Wildman–Crippen MR) is 85.2 cm³/mol. The average molecular weight is 311 g/mol. The molecule has 2 heterocycles. The number of thiazole rings is 1. The zero-order chi connectivity index (χ0) is 15.6. The Morgan fingerprint density at radius 1 is 1.43 bits per heavy atom. The zero-order valence-corrected chi connectivity index (χ0v) is 14.1.